The van der Waals surface area contributed by atoms with Gasteiger partial charge in [0.1, 0.15) is 0 Å². The summed E-state index contributed by atoms with van der Waals surface area (Å²) in [7, 11) is -3.54. The summed E-state index contributed by atoms with van der Waals surface area (Å²) in [5, 5.41) is 7.18. The Bertz CT molecular complexity index is 466. The average Bonchev–Trinajstić information content (AvgIpc) is 2.84. The average molecular weight is 262 g/mol. The van der Waals surface area contributed by atoms with Crippen molar-refractivity contribution in [1.29, 1.82) is 0 Å². The molecule has 0 aliphatic heterocycles. The Morgan fingerprint density at radius 3 is 2.75 bits per heavy atom. The molecule has 1 aliphatic carbocycles. The molecule has 1 aliphatic rings. The number of nitrogens with two attached hydrogens (primary N) is 1. The third-order valence-electron chi connectivity index (χ3n) is 2.39. The van der Waals surface area contributed by atoms with E-state index >= 15 is 0 Å². The van der Waals surface area contributed by atoms with Crippen molar-refractivity contribution >= 4 is 26.5 Å². The van der Waals surface area contributed by atoms with E-state index in [4.69, 9.17) is 5.73 Å². The second-order valence-electron chi connectivity index (χ2n) is 4.11. The lowest BCUT2D eigenvalue weighted by atomic mass is 10.2. The molecule has 1 aromatic rings. The summed E-state index contributed by atoms with van der Waals surface area (Å²) < 4.78 is 26.1. The van der Waals surface area contributed by atoms with Gasteiger partial charge in [-0.3, -0.25) is 0 Å². The highest BCUT2D eigenvalue weighted by Gasteiger charge is 2.27. The molecule has 0 aromatic carbocycles. The maximum Gasteiger partial charge on any atom is 0.270 e. The van der Waals surface area contributed by atoms with Gasteiger partial charge in [-0.05, 0) is 19.3 Å². The van der Waals surface area contributed by atoms with Crippen molar-refractivity contribution in [2.75, 3.05) is 5.73 Å². The van der Waals surface area contributed by atoms with Gasteiger partial charge in [0.15, 0.2) is 0 Å². The van der Waals surface area contributed by atoms with E-state index in [9.17, 15) is 8.42 Å². The zero-order valence-corrected chi connectivity index (χ0v) is 10.5. The fraction of sp³-hybridized carbons (Fsp3) is 0.750. The lowest BCUT2D eigenvalue weighted by Gasteiger charge is -2.11. The highest BCUT2D eigenvalue weighted by Crippen LogP contribution is 2.33. The van der Waals surface area contributed by atoms with E-state index < -0.39 is 10.0 Å². The van der Waals surface area contributed by atoms with Gasteiger partial charge in [-0.2, -0.15) is 0 Å². The molecule has 1 atom stereocenters. The summed E-state index contributed by atoms with van der Waals surface area (Å²) in [6, 6.07) is -0.0670. The summed E-state index contributed by atoms with van der Waals surface area (Å²) >= 11 is 0.876. The molecule has 6 nitrogen and oxygen atoms in total. The third kappa shape index (κ3) is 2.89. The van der Waals surface area contributed by atoms with Crippen LogP contribution >= 0.6 is 11.3 Å². The van der Waals surface area contributed by atoms with E-state index in [1.165, 1.54) is 12.8 Å². The Hall–Kier alpha value is -0.730. The first kappa shape index (κ1) is 11.7. The zero-order chi connectivity index (χ0) is 11.8. The molecule has 16 heavy (non-hydrogen) atoms. The second kappa shape index (κ2) is 4.27. The van der Waals surface area contributed by atoms with Crippen molar-refractivity contribution < 1.29 is 8.42 Å². The first-order valence-corrected chi connectivity index (χ1v) is 7.38. The van der Waals surface area contributed by atoms with Crippen LogP contribution in [0.15, 0.2) is 4.34 Å². The molecule has 1 heterocycles. The molecule has 3 N–H and O–H groups in total. The summed E-state index contributed by atoms with van der Waals surface area (Å²) in [5.74, 6) is 0.678. The zero-order valence-electron chi connectivity index (χ0n) is 8.88. The van der Waals surface area contributed by atoms with Crippen LogP contribution in [0.25, 0.3) is 0 Å². The predicted octanol–water partition coefficient (Wildman–Crippen LogP) is 0.587. The molecule has 1 saturated carbocycles. The number of nitrogen functional groups attached to an aromatic ring is 1. The standard InChI is InChI=1S/C8H14N4O2S2/c1-5(4-6-2-3-6)12-16(13,14)8-11-10-7(9)15-8/h5-6,12H,2-4H2,1H3,(H2,9,10). The van der Waals surface area contributed by atoms with Crippen molar-refractivity contribution in [3.8, 4) is 0 Å². The Labute approximate surface area is 98.3 Å². The summed E-state index contributed by atoms with van der Waals surface area (Å²) in [5.41, 5.74) is 5.35. The minimum Gasteiger partial charge on any atom is -0.374 e. The number of anilines is 1. The maximum atomic E-state index is 11.8. The van der Waals surface area contributed by atoms with E-state index in [2.05, 4.69) is 14.9 Å². The van der Waals surface area contributed by atoms with Crippen LogP contribution < -0.4 is 10.5 Å². The van der Waals surface area contributed by atoms with Gasteiger partial charge >= 0.3 is 0 Å². The van der Waals surface area contributed by atoms with Crippen LogP contribution in [0.1, 0.15) is 26.2 Å². The normalized spacial score (nSPS) is 18.6. The molecule has 2 rings (SSSR count). The molecule has 0 saturated heterocycles. The summed E-state index contributed by atoms with van der Waals surface area (Å²) in [4.78, 5) is 0. The van der Waals surface area contributed by atoms with Crippen LogP contribution in [-0.2, 0) is 10.0 Å². The molecule has 0 bridgehead atoms. The molecule has 0 amide bonds. The van der Waals surface area contributed by atoms with Gasteiger partial charge in [-0.25, -0.2) is 13.1 Å². The number of sulfonamides is 1. The third-order valence-corrected chi connectivity index (χ3v) is 5.10. The highest BCUT2D eigenvalue weighted by molar-refractivity contribution is 7.91. The number of rotatable bonds is 5. The lowest BCUT2D eigenvalue weighted by molar-refractivity contribution is 0.529. The molecule has 8 heteroatoms. The van der Waals surface area contributed by atoms with E-state index in [1.807, 2.05) is 6.92 Å². The summed E-state index contributed by atoms with van der Waals surface area (Å²) in [6.07, 6.45) is 3.29. The number of nitrogens with one attached hydrogen (secondary N) is 1. The molecule has 1 aromatic heterocycles. The van der Waals surface area contributed by atoms with Crippen LogP contribution in [0.5, 0.6) is 0 Å². The second-order valence-corrected chi connectivity index (χ2v) is 7.00. The summed E-state index contributed by atoms with van der Waals surface area (Å²) in [6.45, 7) is 1.86. The van der Waals surface area contributed by atoms with E-state index in [0.29, 0.717) is 5.92 Å². The minimum absolute atomic E-state index is 0.0624. The monoisotopic (exact) mass is 262 g/mol. The Kier molecular flexibility index (Phi) is 3.13. The van der Waals surface area contributed by atoms with Gasteiger partial charge in [0, 0.05) is 6.04 Å². The van der Waals surface area contributed by atoms with Crippen LogP contribution in [0.2, 0.25) is 0 Å². The largest absolute Gasteiger partial charge is 0.374 e. The van der Waals surface area contributed by atoms with Gasteiger partial charge in [0.05, 0.1) is 0 Å². The van der Waals surface area contributed by atoms with Gasteiger partial charge in [-0.15, -0.1) is 10.2 Å². The molecule has 0 radical (unpaired) electrons. The van der Waals surface area contributed by atoms with Crippen molar-refractivity contribution in [2.24, 2.45) is 5.92 Å². The fourth-order valence-corrected chi connectivity index (χ4v) is 3.60. The van der Waals surface area contributed by atoms with Gasteiger partial charge in [0.25, 0.3) is 10.0 Å². The van der Waals surface area contributed by atoms with E-state index in [1.54, 1.807) is 0 Å². The number of aromatic nitrogens is 2. The van der Waals surface area contributed by atoms with Gasteiger partial charge in [0.2, 0.25) is 9.47 Å². The highest BCUT2D eigenvalue weighted by atomic mass is 32.2. The van der Waals surface area contributed by atoms with Crippen molar-refractivity contribution in [3.63, 3.8) is 0 Å². The molecule has 90 valence electrons. The topological polar surface area (TPSA) is 98.0 Å². The van der Waals surface area contributed by atoms with Crippen molar-refractivity contribution in [2.45, 2.75) is 36.6 Å². The first-order chi connectivity index (χ1) is 7.47. The Morgan fingerprint density at radius 2 is 2.25 bits per heavy atom. The smallest absolute Gasteiger partial charge is 0.270 e. The van der Waals surface area contributed by atoms with Crippen LogP contribution in [0, 0.1) is 5.92 Å². The minimum atomic E-state index is -3.54. The number of hydrogen-bond donors (Lipinski definition) is 2. The number of nitrogens with zero attached hydrogens (tertiary/aromatic N) is 2. The first-order valence-electron chi connectivity index (χ1n) is 5.08. The predicted molar refractivity (Wildman–Crippen MR) is 61.4 cm³/mol. The molecular weight excluding hydrogens is 248 g/mol. The van der Waals surface area contributed by atoms with Gasteiger partial charge in [-0.1, -0.05) is 24.2 Å². The van der Waals surface area contributed by atoms with E-state index in [0.717, 1.165) is 17.8 Å². The fourth-order valence-electron chi connectivity index (χ4n) is 1.55. The van der Waals surface area contributed by atoms with E-state index in [-0.39, 0.29) is 15.5 Å². The Balaban J connectivity index is 2.01. The molecular formula is C8H14N4O2S2. The molecule has 0 spiro atoms. The SMILES string of the molecule is CC(CC1CC1)NS(=O)(=O)c1nnc(N)s1. The van der Waals surface area contributed by atoms with Gasteiger partial charge < -0.3 is 5.73 Å². The van der Waals surface area contributed by atoms with Crippen LogP contribution in [-0.4, -0.2) is 24.7 Å². The van der Waals surface area contributed by atoms with Crippen LogP contribution in [0.3, 0.4) is 0 Å². The molecule has 1 fully saturated rings. The van der Waals surface area contributed by atoms with Crippen LogP contribution in [0.4, 0.5) is 5.13 Å². The quantitative estimate of drug-likeness (QED) is 0.809. The molecule has 1 unspecified atom stereocenters. The maximum absolute atomic E-state index is 11.8. The number of hydrogen-bond acceptors (Lipinski definition) is 6. The Morgan fingerprint density at radius 1 is 1.56 bits per heavy atom. The van der Waals surface area contributed by atoms with Crippen molar-refractivity contribution in [3.05, 3.63) is 0 Å². The lowest BCUT2D eigenvalue weighted by Crippen LogP contribution is -2.32. The van der Waals surface area contributed by atoms with Crippen molar-refractivity contribution in [1.82, 2.24) is 14.9 Å².